The van der Waals surface area contributed by atoms with Gasteiger partial charge in [0.15, 0.2) is 0 Å². The number of aliphatic hydroxyl groups is 1. The highest BCUT2D eigenvalue weighted by Crippen LogP contribution is 2.26. The fourth-order valence-corrected chi connectivity index (χ4v) is 2.28. The van der Waals surface area contributed by atoms with Crippen LogP contribution in [0.2, 0.25) is 0 Å². The first-order valence-electron chi connectivity index (χ1n) is 6.35. The maximum atomic E-state index is 11.5. The van der Waals surface area contributed by atoms with Crippen molar-refractivity contribution in [2.24, 2.45) is 11.7 Å². The topological polar surface area (TPSA) is 84.6 Å². The number of hydrogen-bond donors (Lipinski definition) is 3. The molecule has 2 atom stereocenters. The normalized spacial score (nSPS) is 20.9. The molecule has 1 saturated carbocycles. The van der Waals surface area contributed by atoms with E-state index in [1.807, 2.05) is 0 Å². The van der Waals surface area contributed by atoms with E-state index < -0.39 is 12.1 Å². The van der Waals surface area contributed by atoms with Crippen molar-refractivity contribution in [3.05, 3.63) is 0 Å². The fraction of sp³-hybridized carbons (Fsp3) is 0.917. The molecule has 1 aliphatic carbocycles. The number of rotatable bonds is 6. The van der Waals surface area contributed by atoms with E-state index in [2.05, 4.69) is 5.32 Å². The lowest BCUT2D eigenvalue weighted by atomic mass is 9.85. The van der Waals surface area contributed by atoms with Crippen LogP contribution in [0.3, 0.4) is 0 Å². The molecule has 0 heterocycles. The highest BCUT2D eigenvalue weighted by Gasteiger charge is 2.22. The van der Waals surface area contributed by atoms with Crippen LogP contribution in [0.15, 0.2) is 0 Å². The Balaban J connectivity index is 2.22. The molecule has 0 bridgehead atoms. The van der Waals surface area contributed by atoms with Crippen molar-refractivity contribution in [1.82, 2.24) is 5.32 Å². The van der Waals surface area contributed by atoms with Gasteiger partial charge in [-0.2, -0.15) is 0 Å². The van der Waals surface area contributed by atoms with Gasteiger partial charge in [0.2, 0.25) is 5.91 Å². The van der Waals surface area contributed by atoms with E-state index in [9.17, 15) is 9.90 Å². The van der Waals surface area contributed by atoms with Gasteiger partial charge in [0.25, 0.3) is 0 Å². The zero-order valence-corrected chi connectivity index (χ0v) is 10.5. The maximum absolute atomic E-state index is 11.5. The molecule has 4 N–H and O–H groups in total. The third kappa shape index (κ3) is 5.02. The Labute approximate surface area is 103 Å². The van der Waals surface area contributed by atoms with Gasteiger partial charge in [-0.15, -0.1) is 0 Å². The third-order valence-electron chi connectivity index (χ3n) is 3.36. The fourth-order valence-electron chi connectivity index (χ4n) is 2.28. The van der Waals surface area contributed by atoms with Crippen LogP contribution in [-0.4, -0.2) is 43.4 Å². The lowest BCUT2D eigenvalue weighted by Gasteiger charge is -2.27. The molecule has 2 unspecified atom stereocenters. The summed E-state index contributed by atoms with van der Waals surface area (Å²) >= 11 is 0. The number of carbonyl (C=O) groups is 1. The molecule has 17 heavy (non-hydrogen) atoms. The molecule has 0 aromatic carbocycles. The van der Waals surface area contributed by atoms with E-state index in [-0.39, 0.29) is 12.5 Å². The summed E-state index contributed by atoms with van der Waals surface area (Å²) in [6.07, 6.45) is 5.28. The van der Waals surface area contributed by atoms with Gasteiger partial charge in [-0.3, -0.25) is 4.79 Å². The second-order valence-corrected chi connectivity index (χ2v) is 4.77. The SMILES string of the molecule is COCC(N)C(=O)NCC(O)C1CCCCC1. The quantitative estimate of drug-likeness (QED) is 0.615. The Kier molecular flexibility index (Phi) is 6.47. The lowest BCUT2D eigenvalue weighted by Crippen LogP contribution is -2.46. The van der Waals surface area contributed by atoms with Crippen LogP contribution in [0.25, 0.3) is 0 Å². The van der Waals surface area contributed by atoms with Crippen LogP contribution >= 0.6 is 0 Å². The predicted molar refractivity (Wildman–Crippen MR) is 65.4 cm³/mol. The second-order valence-electron chi connectivity index (χ2n) is 4.77. The molecule has 1 aliphatic rings. The summed E-state index contributed by atoms with van der Waals surface area (Å²) in [5.41, 5.74) is 5.57. The Morgan fingerprint density at radius 2 is 2.12 bits per heavy atom. The van der Waals surface area contributed by atoms with E-state index >= 15 is 0 Å². The van der Waals surface area contributed by atoms with Crippen molar-refractivity contribution < 1.29 is 14.6 Å². The van der Waals surface area contributed by atoms with Crippen LogP contribution in [-0.2, 0) is 9.53 Å². The second kappa shape index (κ2) is 7.63. The first kappa shape index (κ1) is 14.4. The number of hydrogen-bond acceptors (Lipinski definition) is 4. The zero-order chi connectivity index (χ0) is 12.7. The molecule has 0 saturated heterocycles. The molecule has 100 valence electrons. The highest BCUT2D eigenvalue weighted by molar-refractivity contribution is 5.81. The van der Waals surface area contributed by atoms with Gasteiger partial charge >= 0.3 is 0 Å². The van der Waals surface area contributed by atoms with Crippen LogP contribution in [0.5, 0.6) is 0 Å². The van der Waals surface area contributed by atoms with Gasteiger partial charge in [-0.25, -0.2) is 0 Å². The summed E-state index contributed by atoms with van der Waals surface area (Å²) in [5.74, 6) is 0.0596. The first-order valence-corrected chi connectivity index (χ1v) is 6.35. The van der Waals surface area contributed by atoms with Gasteiger partial charge < -0.3 is 20.9 Å². The number of nitrogens with two attached hydrogens (primary N) is 1. The molecule has 0 aromatic rings. The molecule has 5 nitrogen and oxygen atoms in total. The summed E-state index contributed by atoms with van der Waals surface area (Å²) in [6.45, 7) is 0.492. The Bertz CT molecular complexity index is 230. The van der Waals surface area contributed by atoms with Crippen molar-refractivity contribution >= 4 is 5.91 Å². The van der Waals surface area contributed by atoms with Gasteiger partial charge in [-0.05, 0) is 18.8 Å². The minimum absolute atomic E-state index is 0.200. The zero-order valence-electron chi connectivity index (χ0n) is 10.5. The molecule has 0 spiro atoms. The first-order chi connectivity index (χ1) is 8.15. The van der Waals surface area contributed by atoms with Crippen molar-refractivity contribution in [3.8, 4) is 0 Å². The highest BCUT2D eigenvalue weighted by atomic mass is 16.5. The Morgan fingerprint density at radius 3 is 2.71 bits per heavy atom. The van der Waals surface area contributed by atoms with Crippen LogP contribution in [0.1, 0.15) is 32.1 Å². The Morgan fingerprint density at radius 1 is 1.47 bits per heavy atom. The average molecular weight is 244 g/mol. The van der Waals surface area contributed by atoms with E-state index in [1.54, 1.807) is 0 Å². The molecule has 1 rings (SSSR count). The molecule has 0 radical (unpaired) electrons. The molecule has 5 heteroatoms. The molecule has 1 fully saturated rings. The summed E-state index contributed by atoms with van der Waals surface area (Å²) in [6, 6.07) is -0.654. The minimum Gasteiger partial charge on any atom is -0.391 e. The molecular weight excluding hydrogens is 220 g/mol. The van der Waals surface area contributed by atoms with Gasteiger partial charge in [0, 0.05) is 13.7 Å². The molecule has 0 aliphatic heterocycles. The summed E-state index contributed by atoms with van der Waals surface area (Å²) in [4.78, 5) is 11.5. The van der Waals surface area contributed by atoms with E-state index in [0.29, 0.717) is 12.5 Å². The summed E-state index contributed by atoms with van der Waals surface area (Å²) in [7, 11) is 1.50. The summed E-state index contributed by atoms with van der Waals surface area (Å²) < 4.78 is 4.80. The molecule has 0 aromatic heterocycles. The number of aliphatic hydroxyl groups excluding tert-OH is 1. The van der Waals surface area contributed by atoms with Gasteiger partial charge in [0.05, 0.1) is 12.7 Å². The van der Waals surface area contributed by atoms with Crippen molar-refractivity contribution in [3.63, 3.8) is 0 Å². The third-order valence-corrected chi connectivity index (χ3v) is 3.36. The Hall–Kier alpha value is -0.650. The van der Waals surface area contributed by atoms with Crippen molar-refractivity contribution in [1.29, 1.82) is 0 Å². The predicted octanol–water partition coefficient (Wildman–Crippen LogP) is 0.0175. The van der Waals surface area contributed by atoms with Crippen LogP contribution in [0, 0.1) is 5.92 Å². The number of amides is 1. The summed E-state index contributed by atoms with van der Waals surface area (Å²) in [5, 5.41) is 12.6. The van der Waals surface area contributed by atoms with E-state index in [0.717, 1.165) is 12.8 Å². The number of methoxy groups -OCH3 is 1. The minimum atomic E-state index is -0.654. The van der Waals surface area contributed by atoms with Crippen LogP contribution < -0.4 is 11.1 Å². The smallest absolute Gasteiger partial charge is 0.239 e. The standard InChI is InChI=1S/C12H24N2O3/c1-17-8-10(13)12(16)14-7-11(15)9-5-3-2-4-6-9/h9-11,15H,2-8,13H2,1H3,(H,14,16). The van der Waals surface area contributed by atoms with Gasteiger partial charge in [-0.1, -0.05) is 19.3 Å². The number of ether oxygens (including phenoxy) is 1. The maximum Gasteiger partial charge on any atom is 0.239 e. The largest absolute Gasteiger partial charge is 0.391 e. The number of nitrogens with one attached hydrogen (secondary N) is 1. The van der Waals surface area contributed by atoms with Crippen molar-refractivity contribution in [2.45, 2.75) is 44.2 Å². The molecular formula is C12H24N2O3. The van der Waals surface area contributed by atoms with Gasteiger partial charge in [0.1, 0.15) is 6.04 Å². The average Bonchev–Trinajstić information content (AvgIpc) is 2.36. The molecule has 1 amide bonds. The van der Waals surface area contributed by atoms with E-state index in [1.165, 1.54) is 26.4 Å². The monoisotopic (exact) mass is 244 g/mol. The van der Waals surface area contributed by atoms with E-state index in [4.69, 9.17) is 10.5 Å². The lowest BCUT2D eigenvalue weighted by molar-refractivity contribution is -0.124. The number of carbonyl (C=O) groups excluding carboxylic acids is 1. The van der Waals surface area contributed by atoms with Crippen molar-refractivity contribution in [2.75, 3.05) is 20.3 Å². The van der Waals surface area contributed by atoms with Crippen LogP contribution in [0.4, 0.5) is 0 Å².